The molecule has 0 radical (unpaired) electrons. The van der Waals surface area contributed by atoms with Gasteiger partial charge in [0.15, 0.2) is 0 Å². The van der Waals surface area contributed by atoms with Crippen molar-refractivity contribution >= 4 is 0 Å². The highest BCUT2D eigenvalue weighted by Gasteiger charge is 1.96. The molecule has 1 rings (SSSR count). The summed E-state index contributed by atoms with van der Waals surface area (Å²) in [4.78, 5) is 0. The van der Waals surface area contributed by atoms with E-state index in [1.54, 1.807) is 14.2 Å². The van der Waals surface area contributed by atoms with Crippen LogP contribution >= 0.6 is 0 Å². The van der Waals surface area contributed by atoms with Crippen LogP contribution in [-0.4, -0.2) is 14.2 Å². The molecule has 0 heterocycles. The average molecular weight is 168 g/mol. The van der Waals surface area contributed by atoms with Crippen LogP contribution in [-0.2, 0) is 0 Å². The number of methoxy groups -OCH3 is 2. The molecule has 0 aliphatic rings. The molecule has 0 saturated carbocycles. The van der Waals surface area contributed by atoms with Crippen molar-refractivity contribution in [3.63, 3.8) is 0 Å². The van der Waals surface area contributed by atoms with E-state index in [9.17, 15) is 0 Å². The average Bonchev–Trinajstić information content (AvgIpc) is 2.03. The quantitative estimate of drug-likeness (QED) is 0.676. The normalized spacial score (nSPS) is 8.58. The Morgan fingerprint density at radius 3 is 1.67 bits per heavy atom. The Labute approximate surface area is 74.1 Å². The smallest absolute Gasteiger partial charge is 0.122 e. The summed E-state index contributed by atoms with van der Waals surface area (Å²) in [7, 11) is 3.29. The summed E-state index contributed by atoms with van der Waals surface area (Å²) in [5.74, 6) is 1.67. The van der Waals surface area contributed by atoms with Crippen molar-refractivity contribution in [2.24, 2.45) is 0 Å². The summed E-state index contributed by atoms with van der Waals surface area (Å²) in [5, 5.41) is 0. The molecule has 0 aliphatic heterocycles. The Morgan fingerprint density at radius 2 is 1.33 bits per heavy atom. The Morgan fingerprint density at radius 1 is 0.917 bits per heavy atom. The minimum Gasteiger partial charge on any atom is -0.497 e. The SMILES string of the molecule is C.COc1cc(C)cc(OC)c1. The van der Waals surface area contributed by atoms with E-state index in [1.807, 2.05) is 25.1 Å². The molecule has 68 valence electrons. The molecule has 0 bridgehead atoms. The fraction of sp³-hybridized carbons (Fsp3) is 0.400. The van der Waals surface area contributed by atoms with Crippen LogP contribution in [0.1, 0.15) is 13.0 Å². The van der Waals surface area contributed by atoms with Gasteiger partial charge in [-0.15, -0.1) is 0 Å². The van der Waals surface area contributed by atoms with Gasteiger partial charge in [-0.3, -0.25) is 0 Å². The van der Waals surface area contributed by atoms with E-state index >= 15 is 0 Å². The Bertz CT molecular complexity index is 221. The van der Waals surface area contributed by atoms with E-state index in [4.69, 9.17) is 9.47 Å². The van der Waals surface area contributed by atoms with Gasteiger partial charge in [-0.2, -0.15) is 0 Å². The Hall–Kier alpha value is -1.18. The monoisotopic (exact) mass is 168 g/mol. The molecule has 0 fully saturated rings. The second-order valence-electron chi connectivity index (χ2n) is 2.39. The number of ether oxygens (including phenoxy) is 2. The van der Waals surface area contributed by atoms with Crippen molar-refractivity contribution in [2.45, 2.75) is 14.4 Å². The molecule has 0 atom stereocenters. The molecule has 0 spiro atoms. The maximum atomic E-state index is 5.06. The maximum Gasteiger partial charge on any atom is 0.122 e. The third-order valence-corrected chi connectivity index (χ3v) is 1.50. The molecule has 0 aliphatic carbocycles. The van der Waals surface area contributed by atoms with Gasteiger partial charge in [-0.25, -0.2) is 0 Å². The number of rotatable bonds is 2. The lowest BCUT2D eigenvalue weighted by molar-refractivity contribution is 0.394. The van der Waals surface area contributed by atoms with Crippen molar-refractivity contribution in [3.8, 4) is 11.5 Å². The Balaban J connectivity index is 0.00000121. The lowest BCUT2D eigenvalue weighted by Gasteiger charge is -2.04. The molecule has 0 saturated heterocycles. The van der Waals surface area contributed by atoms with Crippen molar-refractivity contribution in [3.05, 3.63) is 23.8 Å². The van der Waals surface area contributed by atoms with Crippen molar-refractivity contribution in [2.75, 3.05) is 14.2 Å². The lowest BCUT2D eigenvalue weighted by atomic mass is 10.2. The van der Waals surface area contributed by atoms with Crippen LogP contribution in [0.15, 0.2) is 18.2 Å². The first kappa shape index (κ1) is 10.8. The molecule has 1 aromatic rings. The Kier molecular flexibility index (Phi) is 4.19. The zero-order valence-electron chi connectivity index (χ0n) is 7.05. The van der Waals surface area contributed by atoms with E-state index in [2.05, 4.69) is 0 Å². The molecule has 0 N–H and O–H groups in total. The second-order valence-corrected chi connectivity index (χ2v) is 2.39. The first-order chi connectivity index (χ1) is 5.26. The first-order valence-corrected chi connectivity index (χ1v) is 3.46. The largest absolute Gasteiger partial charge is 0.497 e. The number of benzene rings is 1. The predicted molar refractivity (Wildman–Crippen MR) is 51.0 cm³/mol. The summed E-state index contributed by atoms with van der Waals surface area (Å²) in [5.41, 5.74) is 1.14. The van der Waals surface area contributed by atoms with Crippen molar-refractivity contribution in [1.82, 2.24) is 0 Å². The summed E-state index contributed by atoms with van der Waals surface area (Å²) >= 11 is 0. The van der Waals surface area contributed by atoms with E-state index in [1.165, 1.54) is 0 Å². The van der Waals surface area contributed by atoms with Crippen LogP contribution in [0.4, 0.5) is 0 Å². The number of hydrogen-bond donors (Lipinski definition) is 0. The first-order valence-electron chi connectivity index (χ1n) is 3.46. The highest BCUT2D eigenvalue weighted by Crippen LogP contribution is 2.21. The molecule has 0 aromatic heterocycles. The van der Waals surface area contributed by atoms with Crippen molar-refractivity contribution in [1.29, 1.82) is 0 Å². The fourth-order valence-electron chi connectivity index (χ4n) is 0.950. The van der Waals surface area contributed by atoms with Crippen molar-refractivity contribution < 1.29 is 9.47 Å². The summed E-state index contributed by atoms with van der Waals surface area (Å²) in [6.45, 7) is 2.00. The molecule has 0 unspecified atom stereocenters. The third-order valence-electron chi connectivity index (χ3n) is 1.50. The molecule has 1 aromatic carbocycles. The summed E-state index contributed by atoms with van der Waals surface area (Å²) in [6, 6.07) is 5.78. The van der Waals surface area contributed by atoms with Gasteiger partial charge in [0.05, 0.1) is 14.2 Å². The van der Waals surface area contributed by atoms with Gasteiger partial charge in [-0.1, -0.05) is 7.43 Å². The number of hydrogen-bond acceptors (Lipinski definition) is 2. The summed E-state index contributed by atoms with van der Waals surface area (Å²) in [6.07, 6.45) is 0. The van der Waals surface area contributed by atoms with Crippen LogP contribution in [0, 0.1) is 6.92 Å². The zero-order valence-corrected chi connectivity index (χ0v) is 7.05. The second kappa shape index (κ2) is 4.65. The van der Waals surface area contributed by atoms with E-state index in [0.717, 1.165) is 17.1 Å². The highest BCUT2D eigenvalue weighted by molar-refractivity contribution is 5.37. The van der Waals surface area contributed by atoms with Crippen LogP contribution in [0.25, 0.3) is 0 Å². The van der Waals surface area contributed by atoms with Gasteiger partial charge < -0.3 is 9.47 Å². The predicted octanol–water partition coefficient (Wildman–Crippen LogP) is 2.65. The summed E-state index contributed by atoms with van der Waals surface area (Å²) < 4.78 is 10.1. The van der Waals surface area contributed by atoms with Gasteiger partial charge in [0.2, 0.25) is 0 Å². The van der Waals surface area contributed by atoms with Gasteiger partial charge in [0.1, 0.15) is 11.5 Å². The standard InChI is InChI=1S/C9H12O2.CH4/c1-7-4-8(10-2)6-9(5-7)11-3;/h4-6H,1-3H3;1H4. The van der Waals surface area contributed by atoms with Crippen LogP contribution in [0.3, 0.4) is 0 Å². The molecule has 2 heteroatoms. The fourth-order valence-corrected chi connectivity index (χ4v) is 0.950. The molecule has 12 heavy (non-hydrogen) atoms. The maximum absolute atomic E-state index is 5.06. The van der Waals surface area contributed by atoms with Gasteiger partial charge in [-0.05, 0) is 24.6 Å². The molecular formula is C10H16O2. The van der Waals surface area contributed by atoms with E-state index in [-0.39, 0.29) is 7.43 Å². The van der Waals surface area contributed by atoms with E-state index < -0.39 is 0 Å². The zero-order chi connectivity index (χ0) is 8.27. The van der Waals surface area contributed by atoms with Crippen LogP contribution in [0.5, 0.6) is 11.5 Å². The molecular weight excluding hydrogens is 152 g/mol. The topological polar surface area (TPSA) is 18.5 Å². The van der Waals surface area contributed by atoms with Gasteiger partial charge in [0.25, 0.3) is 0 Å². The van der Waals surface area contributed by atoms with E-state index in [0.29, 0.717) is 0 Å². The minimum absolute atomic E-state index is 0. The minimum atomic E-state index is 0. The van der Waals surface area contributed by atoms with Crippen LogP contribution in [0.2, 0.25) is 0 Å². The molecule has 0 amide bonds. The molecule has 2 nitrogen and oxygen atoms in total. The third kappa shape index (κ3) is 2.46. The highest BCUT2D eigenvalue weighted by atomic mass is 16.5. The van der Waals surface area contributed by atoms with Crippen LogP contribution < -0.4 is 9.47 Å². The van der Waals surface area contributed by atoms with Gasteiger partial charge >= 0.3 is 0 Å². The van der Waals surface area contributed by atoms with Gasteiger partial charge in [0, 0.05) is 6.07 Å². The lowest BCUT2D eigenvalue weighted by Crippen LogP contribution is -1.87. The number of aryl methyl sites for hydroxylation is 1.